The van der Waals surface area contributed by atoms with E-state index in [1.54, 1.807) is 0 Å². The largest absolute Gasteiger partial charge is 0.335 e. The Labute approximate surface area is 107 Å². The monoisotopic (exact) mass is 248 g/mol. The second-order valence-corrected chi connectivity index (χ2v) is 5.41. The molecule has 3 rings (SSSR count). The van der Waals surface area contributed by atoms with E-state index in [0.29, 0.717) is 17.8 Å². The number of nitrogens with zero attached hydrogens (tertiary/aromatic N) is 1. The van der Waals surface area contributed by atoms with Crippen molar-refractivity contribution in [2.45, 2.75) is 56.9 Å². The molecule has 2 aliphatic carbocycles. The van der Waals surface area contributed by atoms with Crippen molar-refractivity contribution in [2.75, 3.05) is 5.32 Å². The lowest BCUT2D eigenvalue weighted by Crippen LogP contribution is -2.41. The third-order valence-electron chi connectivity index (χ3n) is 4.06. The van der Waals surface area contributed by atoms with Gasteiger partial charge in [-0.15, -0.1) is 0 Å². The molecule has 1 aromatic heterocycles. The SMILES string of the molecule is O=C(Nc1cc(C2CCCC2)n[nH]1)NC1CCC1. The second kappa shape index (κ2) is 5.00. The van der Waals surface area contributed by atoms with Crippen molar-refractivity contribution in [1.29, 1.82) is 0 Å². The first-order chi connectivity index (χ1) is 8.81. The van der Waals surface area contributed by atoms with E-state index < -0.39 is 0 Å². The third kappa shape index (κ3) is 2.49. The summed E-state index contributed by atoms with van der Waals surface area (Å²) in [6.07, 6.45) is 8.45. The zero-order valence-corrected chi connectivity index (χ0v) is 10.5. The normalized spacial score (nSPS) is 20.7. The van der Waals surface area contributed by atoms with Crippen LogP contribution in [0.5, 0.6) is 0 Å². The van der Waals surface area contributed by atoms with Gasteiger partial charge in [-0.1, -0.05) is 12.8 Å². The smallest absolute Gasteiger partial charge is 0.320 e. The molecule has 0 unspecified atom stereocenters. The zero-order chi connectivity index (χ0) is 12.4. The summed E-state index contributed by atoms with van der Waals surface area (Å²) >= 11 is 0. The number of urea groups is 1. The molecule has 5 heteroatoms. The first kappa shape index (κ1) is 11.6. The molecule has 0 aromatic carbocycles. The summed E-state index contributed by atoms with van der Waals surface area (Å²) in [5, 5.41) is 13.0. The van der Waals surface area contributed by atoms with E-state index in [9.17, 15) is 4.79 Å². The molecule has 2 saturated carbocycles. The highest BCUT2D eigenvalue weighted by molar-refractivity contribution is 5.88. The molecular formula is C13H20N4O. The Hall–Kier alpha value is -1.52. The minimum Gasteiger partial charge on any atom is -0.335 e. The van der Waals surface area contributed by atoms with Gasteiger partial charge >= 0.3 is 6.03 Å². The molecule has 18 heavy (non-hydrogen) atoms. The first-order valence-electron chi connectivity index (χ1n) is 6.94. The highest BCUT2D eigenvalue weighted by atomic mass is 16.2. The molecule has 0 saturated heterocycles. The van der Waals surface area contributed by atoms with Crippen LogP contribution in [0.25, 0.3) is 0 Å². The lowest BCUT2D eigenvalue weighted by Gasteiger charge is -2.26. The number of rotatable bonds is 3. The maximum Gasteiger partial charge on any atom is 0.320 e. The van der Waals surface area contributed by atoms with Crippen LogP contribution in [0, 0.1) is 0 Å². The maximum atomic E-state index is 11.7. The predicted molar refractivity (Wildman–Crippen MR) is 69.6 cm³/mol. The second-order valence-electron chi connectivity index (χ2n) is 5.41. The predicted octanol–water partition coefficient (Wildman–Crippen LogP) is 2.74. The van der Waals surface area contributed by atoms with Gasteiger partial charge in [0.2, 0.25) is 0 Å². The fourth-order valence-corrected chi connectivity index (χ4v) is 2.73. The maximum absolute atomic E-state index is 11.7. The van der Waals surface area contributed by atoms with Crippen molar-refractivity contribution in [3.05, 3.63) is 11.8 Å². The molecule has 2 aliphatic rings. The van der Waals surface area contributed by atoms with Gasteiger partial charge < -0.3 is 5.32 Å². The van der Waals surface area contributed by atoms with Crippen LogP contribution in [0.15, 0.2) is 6.07 Å². The van der Waals surface area contributed by atoms with Crippen LogP contribution < -0.4 is 10.6 Å². The summed E-state index contributed by atoms with van der Waals surface area (Å²) in [4.78, 5) is 11.7. The molecule has 2 amide bonds. The van der Waals surface area contributed by atoms with Crippen molar-refractivity contribution >= 4 is 11.8 Å². The number of carbonyl (C=O) groups is 1. The fourth-order valence-electron chi connectivity index (χ4n) is 2.73. The molecule has 5 nitrogen and oxygen atoms in total. The van der Waals surface area contributed by atoms with Crippen molar-refractivity contribution < 1.29 is 4.79 Å². The molecule has 1 heterocycles. The number of hydrogen-bond donors (Lipinski definition) is 3. The van der Waals surface area contributed by atoms with E-state index in [4.69, 9.17) is 0 Å². The van der Waals surface area contributed by atoms with Gasteiger partial charge in [-0.25, -0.2) is 4.79 Å². The van der Waals surface area contributed by atoms with Gasteiger partial charge in [-0.05, 0) is 32.1 Å². The molecule has 0 atom stereocenters. The summed E-state index contributed by atoms with van der Waals surface area (Å²) < 4.78 is 0. The van der Waals surface area contributed by atoms with E-state index in [1.807, 2.05) is 6.07 Å². The summed E-state index contributed by atoms with van der Waals surface area (Å²) in [5.74, 6) is 1.28. The topological polar surface area (TPSA) is 69.8 Å². The van der Waals surface area contributed by atoms with Crippen LogP contribution in [0.4, 0.5) is 10.6 Å². The van der Waals surface area contributed by atoms with E-state index >= 15 is 0 Å². The Morgan fingerprint density at radius 1 is 1.22 bits per heavy atom. The molecule has 0 radical (unpaired) electrons. The molecular weight excluding hydrogens is 228 g/mol. The minimum atomic E-state index is -0.124. The Bertz CT molecular complexity index is 418. The summed E-state index contributed by atoms with van der Waals surface area (Å²) in [7, 11) is 0. The molecule has 1 aromatic rings. The number of nitrogens with one attached hydrogen (secondary N) is 3. The molecule has 0 aliphatic heterocycles. The fraction of sp³-hybridized carbons (Fsp3) is 0.692. The van der Waals surface area contributed by atoms with Crippen molar-refractivity contribution in [3.8, 4) is 0 Å². The van der Waals surface area contributed by atoms with Gasteiger partial charge in [0.15, 0.2) is 0 Å². The van der Waals surface area contributed by atoms with E-state index in [-0.39, 0.29) is 6.03 Å². The number of aromatic nitrogens is 2. The number of carbonyl (C=O) groups excluding carboxylic acids is 1. The average molecular weight is 248 g/mol. The third-order valence-corrected chi connectivity index (χ3v) is 4.06. The van der Waals surface area contributed by atoms with Crippen LogP contribution in [0.1, 0.15) is 56.6 Å². The number of hydrogen-bond acceptors (Lipinski definition) is 2. The van der Waals surface area contributed by atoms with E-state index in [0.717, 1.165) is 18.5 Å². The van der Waals surface area contributed by atoms with Crippen LogP contribution >= 0.6 is 0 Å². The highest BCUT2D eigenvalue weighted by Crippen LogP contribution is 2.33. The quantitative estimate of drug-likeness (QED) is 0.769. The van der Waals surface area contributed by atoms with Crippen LogP contribution in [0.3, 0.4) is 0 Å². The number of amides is 2. The Morgan fingerprint density at radius 2 is 2.00 bits per heavy atom. The summed E-state index contributed by atoms with van der Waals surface area (Å²) in [6.45, 7) is 0. The Morgan fingerprint density at radius 3 is 2.67 bits per heavy atom. The molecule has 98 valence electrons. The van der Waals surface area contributed by atoms with E-state index in [2.05, 4.69) is 20.8 Å². The minimum absolute atomic E-state index is 0.124. The van der Waals surface area contributed by atoms with Crippen LogP contribution in [0.2, 0.25) is 0 Å². The zero-order valence-electron chi connectivity index (χ0n) is 10.5. The van der Waals surface area contributed by atoms with Crippen molar-refractivity contribution in [2.24, 2.45) is 0 Å². The Balaban J connectivity index is 1.53. The van der Waals surface area contributed by atoms with Gasteiger partial charge in [-0.3, -0.25) is 10.4 Å². The van der Waals surface area contributed by atoms with Gasteiger partial charge in [0.05, 0.1) is 5.69 Å². The van der Waals surface area contributed by atoms with Gasteiger partial charge in [-0.2, -0.15) is 5.10 Å². The van der Waals surface area contributed by atoms with Gasteiger partial charge in [0, 0.05) is 18.0 Å². The Kier molecular flexibility index (Phi) is 3.21. The van der Waals surface area contributed by atoms with Crippen LogP contribution in [-0.2, 0) is 0 Å². The highest BCUT2D eigenvalue weighted by Gasteiger charge is 2.21. The first-order valence-corrected chi connectivity index (χ1v) is 6.94. The number of H-pyrrole nitrogens is 1. The number of aromatic amines is 1. The summed E-state index contributed by atoms with van der Waals surface area (Å²) in [6, 6.07) is 2.21. The van der Waals surface area contributed by atoms with Crippen LogP contribution in [-0.4, -0.2) is 22.3 Å². The molecule has 0 spiro atoms. The van der Waals surface area contributed by atoms with Crippen molar-refractivity contribution in [1.82, 2.24) is 15.5 Å². The standard InChI is InChI=1S/C13H20N4O/c18-13(14-10-6-3-7-10)15-12-8-11(16-17-12)9-4-1-2-5-9/h8-10H,1-7H2,(H3,14,15,16,17,18). The average Bonchev–Trinajstić information content (AvgIpc) is 2.92. The lowest BCUT2D eigenvalue weighted by atomic mass is 9.93. The molecule has 0 bridgehead atoms. The molecule has 3 N–H and O–H groups in total. The lowest BCUT2D eigenvalue weighted by molar-refractivity contribution is 0.240. The van der Waals surface area contributed by atoms with Crippen molar-refractivity contribution in [3.63, 3.8) is 0 Å². The number of anilines is 1. The van der Waals surface area contributed by atoms with Gasteiger partial charge in [0.1, 0.15) is 5.82 Å². The van der Waals surface area contributed by atoms with E-state index in [1.165, 1.54) is 32.1 Å². The molecule has 2 fully saturated rings. The van der Waals surface area contributed by atoms with Gasteiger partial charge in [0.25, 0.3) is 0 Å². The summed E-state index contributed by atoms with van der Waals surface area (Å²) in [5.41, 5.74) is 1.09.